The van der Waals surface area contributed by atoms with Crippen LogP contribution in [0.5, 0.6) is 34.8 Å². The van der Waals surface area contributed by atoms with E-state index in [4.69, 9.17) is 37.4 Å². The summed E-state index contributed by atoms with van der Waals surface area (Å²) in [5.41, 5.74) is 0. The molecule has 0 atom stereocenters. The van der Waals surface area contributed by atoms with Crippen molar-refractivity contribution in [3.05, 3.63) is 95.2 Å². The van der Waals surface area contributed by atoms with E-state index in [2.05, 4.69) is 9.97 Å². The van der Waals surface area contributed by atoms with Gasteiger partial charge in [-0.05, 0) is 60.7 Å². The summed E-state index contributed by atoms with van der Waals surface area (Å²) in [6.07, 6.45) is 0. The van der Waals surface area contributed by atoms with Gasteiger partial charge in [-0.3, -0.25) is 0 Å². The number of ether oxygens (including phenoxy) is 3. The lowest BCUT2D eigenvalue weighted by molar-refractivity contribution is 0.452. The summed E-state index contributed by atoms with van der Waals surface area (Å²) in [6, 6.07) is 24.8. The highest BCUT2D eigenvalue weighted by molar-refractivity contribution is 6.29. The second-order valence-electron chi connectivity index (χ2n) is 5.85. The molecule has 0 aliphatic carbocycles. The van der Waals surface area contributed by atoms with E-state index in [1.165, 1.54) is 0 Å². The average Bonchev–Trinajstić information content (AvgIpc) is 2.71. The smallest absolute Gasteiger partial charge is 0.220 e. The van der Waals surface area contributed by atoms with Crippen molar-refractivity contribution < 1.29 is 14.2 Å². The van der Waals surface area contributed by atoms with Gasteiger partial charge in [0.15, 0.2) is 0 Å². The van der Waals surface area contributed by atoms with Gasteiger partial charge in [0.1, 0.15) is 33.3 Å². The van der Waals surface area contributed by atoms with Crippen molar-refractivity contribution in [3.63, 3.8) is 0 Å². The third-order valence-electron chi connectivity index (χ3n) is 3.71. The Kier molecular flexibility index (Phi) is 5.79. The van der Waals surface area contributed by atoms with Crippen molar-refractivity contribution in [3.8, 4) is 34.8 Å². The molecule has 0 bridgehead atoms. The molecule has 0 aliphatic heterocycles. The first-order valence-corrected chi connectivity index (χ1v) is 9.38. The fraction of sp³-hybridized carbons (Fsp3) is 0. The van der Waals surface area contributed by atoms with Gasteiger partial charge in [-0.15, -0.1) is 0 Å². The van der Waals surface area contributed by atoms with Crippen molar-refractivity contribution in [1.82, 2.24) is 9.97 Å². The molecule has 5 nitrogen and oxygen atoms in total. The van der Waals surface area contributed by atoms with Crippen LogP contribution in [0.2, 0.25) is 10.3 Å². The van der Waals surface area contributed by atoms with Gasteiger partial charge in [0.05, 0.1) is 0 Å². The zero-order valence-electron chi connectivity index (χ0n) is 15.0. The maximum Gasteiger partial charge on any atom is 0.220 e. The van der Waals surface area contributed by atoms with Crippen LogP contribution >= 0.6 is 23.2 Å². The van der Waals surface area contributed by atoms with Crippen LogP contribution in [0.15, 0.2) is 84.9 Å². The Morgan fingerprint density at radius 3 is 1.14 bits per heavy atom. The summed E-state index contributed by atoms with van der Waals surface area (Å²) in [5.74, 6) is 3.45. The summed E-state index contributed by atoms with van der Waals surface area (Å²) >= 11 is 11.7. The number of pyridine rings is 2. The standard InChI is InChI=1S/C22H14Cl2N2O3/c23-19-3-1-5-21(25-19)28-17-11-7-15(8-12-17)27-16-9-13-18(14-10-16)29-22-6-2-4-20(24)26-22/h1-14H. The monoisotopic (exact) mass is 424 g/mol. The van der Waals surface area contributed by atoms with Crippen molar-refractivity contribution in [2.45, 2.75) is 0 Å². The van der Waals surface area contributed by atoms with Crippen LogP contribution in [0.25, 0.3) is 0 Å². The molecule has 2 aromatic carbocycles. The van der Waals surface area contributed by atoms with Crippen LogP contribution in [-0.4, -0.2) is 9.97 Å². The van der Waals surface area contributed by atoms with Gasteiger partial charge >= 0.3 is 0 Å². The highest BCUT2D eigenvalue weighted by Crippen LogP contribution is 2.28. The Balaban J connectivity index is 1.37. The van der Waals surface area contributed by atoms with Crippen LogP contribution in [0.3, 0.4) is 0 Å². The van der Waals surface area contributed by atoms with Gasteiger partial charge in [0, 0.05) is 12.1 Å². The molecule has 2 aromatic heterocycles. The molecular weight excluding hydrogens is 411 g/mol. The van der Waals surface area contributed by atoms with E-state index >= 15 is 0 Å². The Labute approximate surface area is 177 Å². The minimum Gasteiger partial charge on any atom is -0.457 e. The molecule has 2 heterocycles. The van der Waals surface area contributed by atoms with Crippen LogP contribution in [0, 0.1) is 0 Å². The Bertz CT molecular complexity index is 1010. The largest absolute Gasteiger partial charge is 0.457 e. The first-order chi connectivity index (χ1) is 14.1. The summed E-state index contributed by atoms with van der Waals surface area (Å²) in [4.78, 5) is 8.18. The fourth-order valence-electron chi connectivity index (χ4n) is 2.42. The molecule has 0 aliphatic rings. The second-order valence-corrected chi connectivity index (χ2v) is 6.62. The van der Waals surface area contributed by atoms with E-state index in [-0.39, 0.29) is 0 Å². The number of benzene rings is 2. The summed E-state index contributed by atoms with van der Waals surface area (Å²) < 4.78 is 17.2. The van der Waals surface area contributed by atoms with E-state index in [0.29, 0.717) is 45.1 Å². The fourth-order valence-corrected chi connectivity index (χ4v) is 2.73. The highest BCUT2D eigenvalue weighted by atomic mass is 35.5. The van der Waals surface area contributed by atoms with Crippen LogP contribution < -0.4 is 14.2 Å². The summed E-state index contributed by atoms with van der Waals surface area (Å²) in [5, 5.41) is 0.752. The SMILES string of the molecule is Clc1cccc(Oc2ccc(Oc3ccc(Oc4cccc(Cl)n4)cc3)cc2)n1. The molecule has 4 rings (SSSR count). The quantitative estimate of drug-likeness (QED) is 0.307. The molecule has 0 saturated carbocycles. The first kappa shape index (κ1) is 19.1. The molecule has 29 heavy (non-hydrogen) atoms. The third-order valence-corrected chi connectivity index (χ3v) is 4.13. The second kappa shape index (κ2) is 8.82. The average molecular weight is 425 g/mol. The molecule has 4 aromatic rings. The normalized spacial score (nSPS) is 10.4. The topological polar surface area (TPSA) is 53.5 Å². The van der Waals surface area contributed by atoms with Gasteiger partial charge < -0.3 is 14.2 Å². The van der Waals surface area contributed by atoms with Gasteiger partial charge in [-0.1, -0.05) is 35.3 Å². The molecule has 0 unspecified atom stereocenters. The molecule has 0 saturated heterocycles. The van der Waals surface area contributed by atoms with Gasteiger partial charge in [-0.25, -0.2) is 9.97 Å². The molecule has 0 radical (unpaired) electrons. The minimum absolute atomic E-state index is 0.376. The molecule has 0 fully saturated rings. The number of nitrogens with zero attached hydrogens (tertiary/aromatic N) is 2. The summed E-state index contributed by atoms with van der Waals surface area (Å²) in [6.45, 7) is 0. The number of hydrogen-bond acceptors (Lipinski definition) is 5. The first-order valence-electron chi connectivity index (χ1n) is 8.63. The number of aromatic nitrogens is 2. The lowest BCUT2D eigenvalue weighted by atomic mass is 10.3. The maximum absolute atomic E-state index is 5.86. The lowest BCUT2D eigenvalue weighted by Crippen LogP contribution is -1.89. The van der Waals surface area contributed by atoms with Crippen molar-refractivity contribution in [2.24, 2.45) is 0 Å². The molecule has 7 heteroatoms. The van der Waals surface area contributed by atoms with E-state index in [1.807, 2.05) is 0 Å². The lowest BCUT2D eigenvalue weighted by Gasteiger charge is -2.09. The van der Waals surface area contributed by atoms with Gasteiger partial charge in [-0.2, -0.15) is 0 Å². The van der Waals surface area contributed by atoms with Gasteiger partial charge in [0.2, 0.25) is 11.8 Å². The van der Waals surface area contributed by atoms with Crippen LogP contribution in [0.4, 0.5) is 0 Å². The van der Waals surface area contributed by atoms with E-state index < -0.39 is 0 Å². The predicted octanol–water partition coefficient (Wildman–Crippen LogP) is 7.16. The molecular formula is C22H14Cl2N2O3. The Morgan fingerprint density at radius 1 is 0.448 bits per heavy atom. The van der Waals surface area contributed by atoms with Gasteiger partial charge in [0.25, 0.3) is 0 Å². The number of rotatable bonds is 6. The van der Waals surface area contributed by atoms with E-state index in [9.17, 15) is 0 Å². The zero-order valence-corrected chi connectivity index (χ0v) is 16.5. The highest BCUT2D eigenvalue weighted by Gasteiger charge is 2.04. The molecule has 0 amide bonds. The van der Waals surface area contributed by atoms with Crippen molar-refractivity contribution in [2.75, 3.05) is 0 Å². The summed E-state index contributed by atoms with van der Waals surface area (Å²) in [7, 11) is 0. The van der Waals surface area contributed by atoms with Crippen LogP contribution in [-0.2, 0) is 0 Å². The van der Waals surface area contributed by atoms with E-state index in [0.717, 1.165) is 0 Å². The molecule has 0 spiro atoms. The Morgan fingerprint density at radius 2 is 0.793 bits per heavy atom. The van der Waals surface area contributed by atoms with E-state index in [1.54, 1.807) is 84.9 Å². The van der Waals surface area contributed by atoms with Crippen molar-refractivity contribution in [1.29, 1.82) is 0 Å². The minimum atomic E-state index is 0.376. The molecule has 0 N–H and O–H groups in total. The maximum atomic E-state index is 5.86. The number of hydrogen-bond donors (Lipinski definition) is 0. The Hall–Kier alpha value is -3.28. The number of halogens is 2. The zero-order chi connectivity index (χ0) is 20.1. The van der Waals surface area contributed by atoms with Crippen LogP contribution in [0.1, 0.15) is 0 Å². The third kappa shape index (κ3) is 5.38. The molecule has 144 valence electrons. The predicted molar refractivity (Wildman–Crippen MR) is 112 cm³/mol. The van der Waals surface area contributed by atoms with Crippen molar-refractivity contribution >= 4 is 23.2 Å².